The minimum atomic E-state index is -0.150. The summed E-state index contributed by atoms with van der Waals surface area (Å²) >= 11 is 0. The smallest absolute Gasteiger partial charge is 0.273 e. The molecule has 3 N–H and O–H groups in total. The molecular formula is C10H18N6O. The monoisotopic (exact) mass is 238 g/mol. The van der Waals surface area contributed by atoms with Gasteiger partial charge in [0, 0.05) is 20.1 Å². The lowest BCUT2D eigenvalue weighted by Crippen LogP contribution is -2.34. The Kier molecular flexibility index (Phi) is 4.80. The topological polar surface area (TPSA) is 87.4 Å². The number of anilines is 1. The largest absolute Gasteiger partial charge is 0.339 e. The molecule has 0 spiro atoms. The second kappa shape index (κ2) is 6.12. The zero-order valence-corrected chi connectivity index (χ0v) is 10.3. The number of likely N-dealkylation sites (N-methyl/N-ethyl adjacent to an activating group) is 2. The normalized spacial score (nSPS) is 10.4. The maximum Gasteiger partial charge on any atom is 0.273 e. The number of amides is 1. The number of hydrogen-bond acceptors (Lipinski definition) is 6. The van der Waals surface area contributed by atoms with Crippen LogP contribution in [0.3, 0.4) is 0 Å². The van der Waals surface area contributed by atoms with Gasteiger partial charge in [0.1, 0.15) is 5.69 Å². The van der Waals surface area contributed by atoms with Crippen molar-refractivity contribution in [2.75, 3.05) is 39.7 Å². The van der Waals surface area contributed by atoms with Gasteiger partial charge in [0.2, 0.25) is 0 Å². The third-order valence-electron chi connectivity index (χ3n) is 2.25. The fraction of sp³-hybridized carbons (Fsp3) is 0.500. The number of hydrogen-bond donors (Lipinski definition) is 2. The molecular weight excluding hydrogens is 220 g/mol. The molecule has 0 aliphatic heterocycles. The van der Waals surface area contributed by atoms with E-state index in [1.165, 1.54) is 12.4 Å². The molecule has 0 aliphatic rings. The first-order chi connectivity index (χ1) is 8.04. The third kappa shape index (κ3) is 3.97. The Labute approximate surface area is 101 Å². The van der Waals surface area contributed by atoms with Gasteiger partial charge in [-0.2, -0.15) is 0 Å². The molecule has 0 unspecified atom stereocenters. The van der Waals surface area contributed by atoms with Crippen LogP contribution in [0.1, 0.15) is 10.5 Å². The van der Waals surface area contributed by atoms with E-state index in [0.717, 1.165) is 6.54 Å². The lowest BCUT2D eigenvalue weighted by Gasteiger charge is -2.19. The quantitative estimate of drug-likeness (QED) is 0.526. The number of carbonyl (C=O) groups is 1. The Morgan fingerprint density at radius 3 is 2.47 bits per heavy atom. The highest BCUT2D eigenvalue weighted by Crippen LogP contribution is 2.02. The lowest BCUT2D eigenvalue weighted by atomic mass is 10.3. The standard InChI is InChI=1S/C10H18N6O/c1-15(2)4-5-16(3)10(17)8-6-13-9(14-11)7-12-8/h6-7H,4-5,11H2,1-3H3,(H,13,14). The number of nitrogen functional groups attached to an aromatic ring is 1. The first kappa shape index (κ1) is 13.3. The van der Waals surface area contributed by atoms with Crippen LogP contribution in [0.15, 0.2) is 12.4 Å². The fourth-order valence-corrected chi connectivity index (χ4v) is 1.16. The molecule has 1 aromatic heterocycles. The van der Waals surface area contributed by atoms with Crippen molar-refractivity contribution in [3.05, 3.63) is 18.1 Å². The summed E-state index contributed by atoms with van der Waals surface area (Å²) in [6.07, 6.45) is 2.83. The molecule has 94 valence electrons. The van der Waals surface area contributed by atoms with Gasteiger partial charge in [0.05, 0.1) is 12.4 Å². The Balaban J connectivity index is 2.61. The van der Waals surface area contributed by atoms with Crippen LogP contribution in [0.4, 0.5) is 5.82 Å². The number of hydrazine groups is 1. The molecule has 0 radical (unpaired) electrons. The zero-order valence-electron chi connectivity index (χ0n) is 10.3. The average molecular weight is 238 g/mol. The van der Waals surface area contributed by atoms with E-state index in [-0.39, 0.29) is 5.91 Å². The van der Waals surface area contributed by atoms with Crippen molar-refractivity contribution in [2.45, 2.75) is 0 Å². The van der Waals surface area contributed by atoms with Gasteiger partial charge in [-0.1, -0.05) is 0 Å². The minimum absolute atomic E-state index is 0.150. The van der Waals surface area contributed by atoms with Gasteiger partial charge in [-0.25, -0.2) is 15.8 Å². The third-order valence-corrected chi connectivity index (χ3v) is 2.25. The highest BCUT2D eigenvalue weighted by atomic mass is 16.2. The predicted octanol–water partition coefficient (Wildman–Crippen LogP) is -0.604. The predicted molar refractivity (Wildman–Crippen MR) is 65.4 cm³/mol. The second-order valence-corrected chi connectivity index (χ2v) is 3.96. The summed E-state index contributed by atoms with van der Waals surface area (Å²) in [4.78, 5) is 23.5. The molecule has 0 aromatic carbocycles. The average Bonchev–Trinajstić information content (AvgIpc) is 2.35. The molecule has 7 heteroatoms. The van der Waals surface area contributed by atoms with Gasteiger partial charge < -0.3 is 15.2 Å². The molecule has 0 saturated carbocycles. The Hall–Kier alpha value is -1.73. The van der Waals surface area contributed by atoms with Crippen molar-refractivity contribution in [3.63, 3.8) is 0 Å². The van der Waals surface area contributed by atoms with Crippen molar-refractivity contribution >= 4 is 11.7 Å². The summed E-state index contributed by atoms with van der Waals surface area (Å²) in [5.41, 5.74) is 2.67. The summed E-state index contributed by atoms with van der Waals surface area (Å²) < 4.78 is 0. The SMILES string of the molecule is CN(C)CCN(C)C(=O)c1cnc(NN)cn1. The number of rotatable bonds is 5. The van der Waals surface area contributed by atoms with E-state index in [9.17, 15) is 4.79 Å². The highest BCUT2D eigenvalue weighted by Gasteiger charge is 2.13. The zero-order chi connectivity index (χ0) is 12.8. The lowest BCUT2D eigenvalue weighted by molar-refractivity contribution is 0.0780. The van der Waals surface area contributed by atoms with Gasteiger partial charge in [-0.3, -0.25) is 4.79 Å². The van der Waals surface area contributed by atoms with E-state index in [4.69, 9.17) is 5.84 Å². The Morgan fingerprint density at radius 2 is 2.00 bits per heavy atom. The van der Waals surface area contributed by atoms with Crippen LogP contribution in [0.2, 0.25) is 0 Å². The van der Waals surface area contributed by atoms with E-state index in [1.807, 2.05) is 19.0 Å². The molecule has 0 bridgehead atoms. The van der Waals surface area contributed by atoms with E-state index in [2.05, 4.69) is 15.4 Å². The molecule has 0 aliphatic carbocycles. The van der Waals surface area contributed by atoms with E-state index in [1.54, 1.807) is 11.9 Å². The van der Waals surface area contributed by atoms with Crippen molar-refractivity contribution in [1.82, 2.24) is 19.8 Å². The van der Waals surface area contributed by atoms with E-state index in [0.29, 0.717) is 18.1 Å². The van der Waals surface area contributed by atoms with Crippen LogP contribution in [0, 0.1) is 0 Å². The maximum atomic E-state index is 11.9. The Bertz CT molecular complexity index is 364. The number of nitrogens with two attached hydrogens (primary N) is 1. The van der Waals surface area contributed by atoms with Gasteiger partial charge in [0.15, 0.2) is 5.82 Å². The van der Waals surface area contributed by atoms with Crippen LogP contribution in [0.5, 0.6) is 0 Å². The van der Waals surface area contributed by atoms with Crippen molar-refractivity contribution in [3.8, 4) is 0 Å². The number of nitrogens with zero attached hydrogens (tertiary/aromatic N) is 4. The fourth-order valence-electron chi connectivity index (χ4n) is 1.16. The summed E-state index contributed by atoms with van der Waals surface area (Å²) in [6.45, 7) is 1.45. The minimum Gasteiger partial charge on any atom is -0.339 e. The molecule has 17 heavy (non-hydrogen) atoms. The molecule has 1 rings (SSSR count). The molecule has 0 saturated heterocycles. The van der Waals surface area contributed by atoms with Crippen LogP contribution in [-0.4, -0.2) is 59.9 Å². The Morgan fingerprint density at radius 1 is 1.29 bits per heavy atom. The maximum absolute atomic E-state index is 11.9. The summed E-state index contributed by atoms with van der Waals surface area (Å²) in [5.74, 6) is 5.44. The molecule has 7 nitrogen and oxygen atoms in total. The van der Waals surface area contributed by atoms with Gasteiger partial charge in [-0.15, -0.1) is 0 Å². The van der Waals surface area contributed by atoms with Gasteiger partial charge >= 0.3 is 0 Å². The number of nitrogens with one attached hydrogen (secondary N) is 1. The first-order valence-corrected chi connectivity index (χ1v) is 5.23. The molecule has 1 amide bonds. The summed E-state index contributed by atoms with van der Waals surface area (Å²) in [6, 6.07) is 0. The highest BCUT2D eigenvalue weighted by molar-refractivity contribution is 5.91. The van der Waals surface area contributed by atoms with Crippen molar-refractivity contribution in [2.24, 2.45) is 5.84 Å². The molecule has 1 heterocycles. The van der Waals surface area contributed by atoms with Gasteiger partial charge in [0.25, 0.3) is 5.91 Å². The van der Waals surface area contributed by atoms with E-state index < -0.39 is 0 Å². The van der Waals surface area contributed by atoms with E-state index >= 15 is 0 Å². The number of aromatic nitrogens is 2. The second-order valence-electron chi connectivity index (χ2n) is 3.96. The van der Waals surface area contributed by atoms with Crippen LogP contribution >= 0.6 is 0 Å². The summed E-state index contributed by atoms with van der Waals surface area (Å²) in [5, 5.41) is 0. The van der Waals surface area contributed by atoms with Crippen molar-refractivity contribution < 1.29 is 4.79 Å². The molecule has 0 fully saturated rings. The van der Waals surface area contributed by atoms with Crippen LogP contribution in [-0.2, 0) is 0 Å². The van der Waals surface area contributed by atoms with Gasteiger partial charge in [-0.05, 0) is 14.1 Å². The summed E-state index contributed by atoms with van der Waals surface area (Å²) in [7, 11) is 5.66. The number of carbonyl (C=O) groups excluding carboxylic acids is 1. The van der Waals surface area contributed by atoms with Crippen LogP contribution < -0.4 is 11.3 Å². The first-order valence-electron chi connectivity index (χ1n) is 5.23. The molecule has 1 aromatic rings. The van der Waals surface area contributed by atoms with Crippen LogP contribution in [0.25, 0.3) is 0 Å². The van der Waals surface area contributed by atoms with Crippen molar-refractivity contribution in [1.29, 1.82) is 0 Å². The molecule has 0 atom stereocenters.